The van der Waals surface area contributed by atoms with Gasteiger partial charge in [0.15, 0.2) is 0 Å². The van der Waals surface area contributed by atoms with Crippen LogP contribution in [-0.4, -0.2) is 29.5 Å². The first-order valence-electron chi connectivity index (χ1n) is 5.31. The Labute approximate surface area is 89.0 Å². The molecule has 0 heterocycles. The first kappa shape index (κ1) is 12.2. The summed E-state index contributed by atoms with van der Waals surface area (Å²) in [4.78, 5) is 0. The van der Waals surface area contributed by atoms with Gasteiger partial charge < -0.3 is 5.32 Å². The molecule has 0 aromatic rings. The Bertz CT molecular complexity index is 166. The SMILES string of the molecule is CCSC1CCCC1NC(C)C(F)F. The molecule has 1 fully saturated rings. The summed E-state index contributed by atoms with van der Waals surface area (Å²) < 4.78 is 24.7. The maximum absolute atomic E-state index is 12.3. The molecule has 1 nitrogen and oxygen atoms in total. The van der Waals surface area contributed by atoms with Crippen molar-refractivity contribution in [3.63, 3.8) is 0 Å². The van der Waals surface area contributed by atoms with Gasteiger partial charge in [-0.15, -0.1) is 0 Å². The van der Waals surface area contributed by atoms with Crippen molar-refractivity contribution >= 4 is 11.8 Å². The van der Waals surface area contributed by atoms with Gasteiger partial charge in [-0.25, -0.2) is 8.78 Å². The fourth-order valence-electron chi connectivity index (χ4n) is 1.94. The van der Waals surface area contributed by atoms with Crippen LogP contribution in [0.25, 0.3) is 0 Å². The van der Waals surface area contributed by atoms with Gasteiger partial charge in [-0.05, 0) is 25.5 Å². The predicted octanol–water partition coefficient (Wildman–Crippen LogP) is 2.90. The molecule has 1 aliphatic rings. The van der Waals surface area contributed by atoms with Gasteiger partial charge in [0.2, 0.25) is 0 Å². The molecule has 3 atom stereocenters. The number of thioether (sulfide) groups is 1. The Kier molecular flexibility index (Phi) is 5.17. The van der Waals surface area contributed by atoms with Gasteiger partial charge in [-0.2, -0.15) is 11.8 Å². The van der Waals surface area contributed by atoms with Crippen molar-refractivity contribution in [2.24, 2.45) is 0 Å². The quantitative estimate of drug-likeness (QED) is 0.769. The lowest BCUT2D eigenvalue weighted by atomic mass is 10.2. The first-order valence-corrected chi connectivity index (χ1v) is 6.35. The van der Waals surface area contributed by atoms with Gasteiger partial charge in [0.25, 0.3) is 6.43 Å². The lowest BCUT2D eigenvalue weighted by Crippen LogP contribution is -2.43. The summed E-state index contributed by atoms with van der Waals surface area (Å²) >= 11 is 1.89. The summed E-state index contributed by atoms with van der Waals surface area (Å²) in [6, 6.07) is -0.373. The fourth-order valence-corrected chi connectivity index (χ4v) is 3.15. The van der Waals surface area contributed by atoms with Crippen LogP contribution in [0.5, 0.6) is 0 Å². The monoisotopic (exact) mass is 223 g/mol. The Balaban J connectivity index is 2.35. The van der Waals surface area contributed by atoms with Crippen LogP contribution in [0.2, 0.25) is 0 Å². The lowest BCUT2D eigenvalue weighted by molar-refractivity contribution is 0.101. The van der Waals surface area contributed by atoms with Crippen molar-refractivity contribution in [3.05, 3.63) is 0 Å². The molecule has 84 valence electrons. The van der Waals surface area contributed by atoms with E-state index in [9.17, 15) is 8.78 Å². The van der Waals surface area contributed by atoms with Gasteiger partial charge in [0, 0.05) is 11.3 Å². The molecule has 3 unspecified atom stereocenters. The third kappa shape index (κ3) is 3.39. The molecule has 0 spiro atoms. The molecule has 0 radical (unpaired) electrons. The fraction of sp³-hybridized carbons (Fsp3) is 1.00. The molecular formula is C10H19F2NS. The highest BCUT2D eigenvalue weighted by atomic mass is 32.2. The van der Waals surface area contributed by atoms with E-state index in [1.807, 2.05) is 11.8 Å². The summed E-state index contributed by atoms with van der Waals surface area (Å²) in [5.41, 5.74) is 0. The highest BCUT2D eigenvalue weighted by molar-refractivity contribution is 7.99. The number of hydrogen-bond donors (Lipinski definition) is 1. The summed E-state index contributed by atoms with van der Waals surface area (Å²) in [5, 5.41) is 3.59. The van der Waals surface area contributed by atoms with Crippen molar-refractivity contribution in [2.45, 2.75) is 56.9 Å². The molecule has 0 bridgehead atoms. The molecule has 0 aromatic heterocycles. The first-order chi connectivity index (χ1) is 6.65. The number of halogens is 2. The van der Waals surface area contributed by atoms with Crippen molar-refractivity contribution in [2.75, 3.05) is 5.75 Å². The maximum Gasteiger partial charge on any atom is 0.253 e. The summed E-state index contributed by atoms with van der Waals surface area (Å²) in [6.45, 7) is 3.69. The van der Waals surface area contributed by atoms with Gasteiger partial charge in [-0.1, -0.05) is 13.3 Å². The third-order valence-corrected chi connectivity index (χ3v) is 4.01. The number of nitrogens with one attached hydrogen (secondary N) is 1. The van der Waals surface area contributed by atoms with Crippen molar-refractivity contribution in [3.8, 4) is 0 Å². The Morgan fingerprint density at radius 2 is 2.14 bits per heavy atom. The van der Waals surface area contributed by atoms with E-state index in [1.165, 1.54) is 12.8 Å². The summed E-state index contributed by atoms with van der Waals surface area (Å²) in [6.07, 6.45) is 1.15. The van der Waals surface area contributed by atoms with E-state index in [4.69, 9.17) is 0 Å². The zero-order valence-electron chi connectivity index (χ0n) is 8.80. The van der Waals surface area contributed by atoms with E-state index in [0.29, 0.717) is 11.3 Å². The summed E-state index contributed by atoms with van der Waals surface area (Å²) in [5.74, 6) is 1.08. The second-order valence-electron chi connectivity index (χ2n) is 3.82. The van der Waals surface area contributed by atoms with E-state index < -0.39 is 12.5 Å². The molecule has 4 heteroatoms. The van der Waals surface area contributed by atoms with Gasteiger partial charge in [0.05, 0.1) is 6.04 Å². The molecule has 0 amide bonds. The van der Waals surface area contributed by atoms with E-state index in [-0.39, 0.29) is 0 Å². The average Bonchev–Trinajstić information content (AvgIpc) is 2.53. The van der Waals surface area contributed by atoms with Gasteiger partial charge in [-0.3, -0.25) is 0 Å². The topological polar surface area (TPSA) is 12.0 Å². The zero-order chi connectivity index (χ0) is 10.6. The molecule has 14 heavy (non-hydrogen) atoms. The van der Waals surface area contributed by atoms with E-state index in [0.717, 1.165) is 12.2 Å². The summed E-state index contributed by atoms with van der Waals surface area (Å²) in [7, 11) is 0. The minimum atomic E-state index is -2.25. The predicted molar refractivity (Wildman–Crippen MR) is 58.2 cm³/mol. The molecule has 1 rings (SSSR count). The highest BCUT2D eigenvalue weighted by Crippen LogP contribution is 2.30. The lowest BCUT2D eigenvalue weighted by Gasteiger charge is -2.24. The van der Waals surface area contributed by atoms with Crippen molar-refractivity contribution < 1.29 is 8.78 Å². The van der Waals surface area contributed by atoms with E-state index in [1.54, 1.807) is 6.92 Å². The smallest absolute Gasteiger partial charge is 0.253 e. The van der Waals surface area contributed by atoms with Crippen LogP contribution in [0.15, 0.2) is 0 Å². The molecule has 0 aromatic carbocycles. The number of rotatable bonds is 5. The van der Waals surface area contributed by atoms with Crippen molar-refractivity contribution in [1.29, 1.82) is 0 Å². The number of hydrogen-bond acceptors (Lipinski definition) is 2. The highest BCUT2D eigenvalue weighted by Gasteiger charge is 2.29. The second-order valence-corrected chi connectivity index (χ2v) is 5.34. The third-order valence-electron chi connectivity index (χ3n) is 2.69. The normalized spacial score (nSPS) is 29.8. The zero-order valence-corrected chi connectivity index (χ0v) is 9.62. The van der Waals surface area contributed by atoms with Crippen LogP contribution in [0.4, 0.5) is 8.78 Å². The van der Waals surface area contributed by atoms with Crippen LogP contribution in [0.1, 0.15) is 33.1 Å². The van der Waals surface area contributed by atoms with Crippen LogP contribution in [0, 0.1) is 0 Å². The van der Waals surface area contributed by atoms with E-state index in [2.05, 4.69) is 12.2 Å². The number of alkyl halides is 2. The van der Waals surface area contributed by atoms with Crippen molar-refractivity contribution in [1.82, 2.24) is 5.32 Å². The average molecular weight is 223 g/mol. The van der Waals surface area contributed by atoms with Gasteiger partial charge in [0.1, 0.15) is 0 Å². The Hall–Kier alpha value is 0.170. The van der Waals surface area contributed by atoms with Crippen LogP contribution in [-0.2, 0) is 0 Å². The molecule has 0 aliphatic heterocycles. The second kappa shape index (κ2) is 5.91. The minimum absolute atomic E-state index is 0.295. The standard InChI is InChI=1S/C10H19F2NS/c1-3-14-9-6-4-5-8(9)13-7(2)10(11)12/h7-10,13H,3-6H2,1-2H3. The van der Waals surface area contributed by atoms with Crippen LogP contribution >= 0.6 is 11.8 Å². The molecular weight excluding hydrogens is 204 g/mol. The van der Waals surface area contributed by atoms with Crippen LogP contribution in [0.3, 0.4) is 0 Å². The largest absolute Gasteiger partial charge is 0.305 e. The maximum atomic E-state index is 12.3. The Morgan fingerprint density at radius 1 is 1.43 bits per heavy atom. The molecule has 0 saturated heterocycles. The molecule has 1 saturated carbocycles. The van der Waals surface area contributed by atoms with Crippen LogP contribution < -0.4 is 5.32 Å². The van der Waals surface area contributed by atoms with Gasteiger partial charge >= 0.3 is 0 Å². The van der Waals surface area contributed by atoms with E-state index >= 15 is 0 Å². The molecule has 1 N–H and O–H groups in total. The minimum Gasteiger partial charge on any atom is -0.305 e. The Morgan fingerprint density at radius 3 is 2.71 bits per heavy atom. The molecule has 1 aliphatic carbocycles.